The molecule has 2 aliphatic carbocycles. The molecule has 0 aliphatic heterocycles. The first-order valence-electron chi connectivity index (χ1n) is 6.51. The van der Waals surface area contributed by atoms with Gasteiger partial charge in [-0.15, -0.1) is 0 Å². The summed E-state index contributed by atoms with van der Waals surface area (Å²) in [6.07, 6.45) is 13.6. The monoisotopic (exact) mass is 289 g/mol. The quantitative estimate of drug-likeness (QED) is 0.579. The topological polar surface area (TPSA) is 0 Å². The molecule has 1 aromatic carbocycles. The number of benzene rings is 1. The maximum absolute atomic E-state index is 8.10. The van der Waals surface area contributed by atoms with Gasteiger partial charge in [-0.25, -0.2) is 0 Å². The molecule has 1 aromatic rings. The van der Waals surface area contributed by atoms with Gasteiger partial charge in [0.1, 0.15) is 0 Å². The van der Waals surface area contributed by atoms with E-state index in [9.17, 15) is 0 Å². The van der Waals surface area contributed by atoms with Crippen LogP contribution in [0.2, 0.25) is 4.82 Å². The van der Waals surface area contributed by atoms with Gasteiger partial charge in [0.05, 0.1) is 0 Å². The van der Waals surface area contributed by atoms with Crippen LogP contribution < -0.4 is 4.46 Å². The normalized spacial score (nSPS) is 30.4. The zero-order valence-electron chi connectivity index (χ0n) is 10.8. The Morgan fingerprint density at radius 1 is 1.00 bits per heavy atom. The molecular weight excluding hydrogens is 271 g/mol. The van der Waals surface area contributed by atoms with Crippen molar-refractivity contribution in [3.63, 3.8) is 0 Å². The van der Waals surface area contributed by atoms with Gasteiger partial charge in [-0.05, 0) is 0 Å². The van der Waals surface area contributed by atoms with Crippen molar-refractivity contribution in [2.24, 2.45) is 11.8 Å². The molecule has 0 N–H and O–H groups in total. The average Bonchev–Trinajstić information content (AvgIpc) is 2.56. The Labute approximate surface area is 111 Å². The van der Waals surface area contributed by atoms with Gasteiger partial charge in [0.2, 0.25) is 0 Å². The molecule has 17 heavy (non-hydrogen) atoms. The van der Waals surface area contributed by atoms with Crippen molar-refractivity contribution in [1.82, 2.24) is 0 Å². The summed E-state index contributed by atoms with van der Waals surface area (Å²) in [5, 5.41) is 0. The third kappa shape index (κ3) is 2.31. The van der Waals surface area contributed by atoms with E-state index in [4.69, 9.17) is 1.37 Å². The van der Waals surface area contributed by atoms with Gasteiger partial charge in [0, 0.05) is 0 Å². The van der Waals surface area contributed by atoms with Gasteiger partial charge in [0.15, 0.2) is 0 Å². The van der Waals surface area contributed by atoms with Crippen LogP contribution in [0.25, 0.3) is 0 Å². The van der Waals surface area contributed by atoms with E-state index in [1.54, 1.807) is 0 Å². The minimum atomic E-state index is 0.364. The van der Waals surface area contributed by atoms with E-state index in [1.165, 1.54) is 10.0 Å². The standard InChI is InChI=1S/C16H16Se/c1-12-6-10-15(11-7-12)17-16-13-4-2-3-5-14(16)9-8-13/h2-11,13-14,16H,1H3/i10D. The van der Waals surface area contributed by atoms with E-state index < -0.39 is 0 Å². The van der Waals surface area contributed by atoms with Crippen molar-refractivity contribution in [2.75, 3.05) is 0 Å². The van der Waals surface area contributed by atoms with E-state index in [0.717, 1.165) is 0 Å². The molecule has 0 heterocycles. The van der Waals surface area contributed by atoms with E-state index >= 15 is 0 Å². The Hall–Kier alpha value is -1.04. The number of rotatable bonds is 2. The van der Waals surface area contributed by atoms with Crippen LogP contribution in [0.4, 0.5) is 0 Å². The van der Waals surface area contributed by atoms with E-state index in [0.29, 0.717) is 37.7 Å². The summed E-state index contributed by atoms with van der Waals surface area (Å²) in [5.74, 6) is 1.12. The number of hydrogen-bond acceptors (Lipinski definition) is 0. The molecule has 86 valence electrons. The summed E-state index contributed by atoms with van der Waals surface area (Å²) in [6, 6.07) is 6.98. The molecule has 2 atom stereocenters. The molecular formula is C16H16Se. The van der Waals surface area contributed by atoms with Crippen molar-refractivity contribution in [1.29, 1.82) is 0 Å². The second-order valence-corrected chi connectivity index (χ2v) is 7.18. The van der Waals surface area contributed by atoms with Crippen LogP contribution in [0.15, 0.2) is 60.7 Å². The molecule has 0 saturated carbocycles. The van der Waals surface area contributed by atoms with Crippen molar-refractivity contribution in [3.8, 4) is 0 Å². The maximum atomic E-state index is 8.10. The van der Waals surface area contributed by atoms with Gasteiger partial charge in [-0.1, -0.05) is 0 Å². The second kappa shape index (κ2) is 4.68. The summed E-state index contributed by atoms with van der Waals surface area (Å²) in [5.41, 5.74) is 1.18. The molecule has 3 rings (SSSR count). The zero-order valence-corrected chi connectivity index (χ0v) is 11.5. The molecule has 0 saturated heterocycles. The van der Waals surface area contributed by atoms with Gasteiger partial charge in [-0.2, -0.15) is 0 Å². The zero-order chi connectivity index (χ0) is 12.5. The van der Waals surface area contributed by atoms with Crippen molar-refractivity contribution < 1.29 is 1.37 Å². The Bertz CT molecular complexity index is 520. The van der Waals surface area contributed by atoms with Gasteiger partial charge >= 0.3 is 111 Å². The SMILES string of the molecule is [2H]c1cc(C)ccc1[Se]C1C2C=CC=CC1C=C2. The third-order valence-corrected chi connectivity index (χ3v) is 6.25. The van der Waals surface area contributed by atoms with Crippen LogP contribution in [0.1, 0.15) is 6.93 Å². The molecule has 0 radical (unpaired) electrons. The van der Waals surface area contributed by atoms with E-state index in [-0.39, 0.29) is 0 Å². The number of hydrogen-bond donors (Lipinski definition) is 0. The summed E-state index contributed by atoms with van der Waals surface area (Å²) >= 11 is 0.364. The van der Waals surface area contributed by atoms with Crippen molar-refractivity contribution in [2.45, 2.75) is 11.7 Å². The fourth-order valence-electron chi connectivity index (χ4n) is 2.33. The fraction of sp³-hybridized carbons (Fsp3) is 0.250. The predicted octanol–water partition coefficient (Wildman–Crippen LogP) is 3.04. The van der Waals surface area contributed by atoms with Crippen molar-refractivity contribution >= 4 is 19.4 Å². The van der Waals surface area contributed by atoms with Crippen molar-refractivity contribution in [3.05, 3.63) is 66.3 Å². The van der Waals surface area contributed by atoms with Crippen LogP contribution in [0, 0.1) is 18.8 Å². The molecule has 2 unspecified atom stereocenters. The molecule has 2 aliphatic rings. The molecule has 2 bridgehead atoms. The van der Waals surface area contributed by atoms with Gasteiger partial charge < -0.3 is 0 Å². The number of fused-ring (bicyclic) bond motifs is 2. The van der Waals surface area contributed by atoms with Crippen LogP contribution in [0.3, 0.4) is 0 Å². The Morgan fingerprint density at radius 3 is 2.35 bits per heavy atom. The van der Waals surface area contributed by atoms with Gasteiger partial charge in [-0.3, -0.25) is 0 Å². The summed E-state index contributed by atoms with van der Waals surface area (Å²) in [6.45, 7) is 2.05. The molecule has 0 aromatic heterocycles. The second-order valence-electron chi connectivity index (χ2n) is 4.62. The summed E-state index contributed by atoms with van der Waals surface area (Å²) < 4.78 is 9.33. The Morgan fingerprint density at radius 2 is 1.71 bits per heavy atom. The molecule has 0 fully saturated rings. The minimum absolute atomic E-state index is 0.364. The third-order valence-electron chi connectivity index (χ3n) is 3.29. The summed E-state index contributed by atoms with van der Waals surface area (Å²) in [7, 11) is 0. The van der Waals surface area contributed by atoms with Crippen LogP contribution in [-0.4, -0.2) is 15.0 Å². The van der Waals surface area contributed by atoms with Gasteiger partial charge in [0.25, 0.3) is 0 Å². The first-order valence-corrected chi connectivity index (χ1v) is 7.86. The Kier molecular flexibility index (Phi) is 2.73. The first kappa shape index (κ1) is 9.94. The average molecular weight is 288 g/mol. The first-order chi connectivity index (χ1) is 8.74. The fourth-order valence-corrected chi connectivity index (χ4v) is 4.94. The molecule has 1 heteroatoms. The Balaban J connectivity index is 1.85. The van der Waals surface area contributed by atoms with Crippen LogP contribution in [0.5, 0.6) is 0 Å². The van der Waals surface area contributed by atoms with E-state index in [2.05, 4.69) is 55.5 Å². The summed E-state index contributed by atoms with van der Waals surface area (Å²) in [4.78, 5) is 0.652. The predicted molar refractivity (Wildman–Crippen MR) is 74.7 cm³/mol. The van der Waals surface area contributed by atoms with E-state index in [1.807, 2.05) is 6.07 Å². The molecule has 0 nitrogen and oxygen atoms in total. The molecule has 0 spiro atoms. The number of aryl methyl sites for hydroxylation is 1. The number of allylic oxidation sites excluding steroid dienone is 6. The molecule has 0 amide bonds. The van der Waals surface area contributed by atoms with Crippen LogP contribution in [-0.2, 0) is 0 Å². The van der Waals surface area contributed by atoms with Crippen LogP contribution >= 0.6 is 0 Å².